The Morgan fingerprint density at radius 1 is 0.322 bits per heavy atom. The lowest BCUT2D eigenvalue weighted by atomic mass is 9.91. The molecule has 0 amide bonds. The molecule has 0 radical (unpaired) electrons. The summed E-state index contributed by atoms with van der Waals surface area (Å²) in [7, 11) is 1.96. The highest BCUT2D eigenvalue weighted by molar-refractivity contribution is 5.70. The number of rotatable bonds is 79. The Balaban J connectivity index is 1.79. The zero-order valence-electron chi connectivity index (χ0n) is 62.9. The average Bonchev–Trinajstić information content (AvgIpc) is 4.52. The summed E-state index contributed by atoms with van der Waals surface area (Å²) in [6.07, 6.45) is 100. The van der Waals surface area contributed by atoms with Crippen LogP contribution in [0.5, 0.6) is 0 Å². The molecule has 0 spiro atoms. The molecule has 0 aliphatic heterocycles. The highest BCUT2D eigenvalue weighted by atomic mass is 16.5. The van der Waals surface area contributed by atoms with Crippen molar-refractivity contribution in [1.82, 2.24) is 0 Å². The van der Waals surface area contributed by atoms with Crippen molar-refractivity contribution in [2.45, 2.75) is 509 Å². The second kappa shape index (κ2) is 71.2. The summed E-state index contributed by atoms with van der Waals surface area (Å²) >= 11 is 0. The molecule has 90 heavy (non-hydrogen) atoms. The van der Waals surface area contributed by atoms with Crippen LogP contribution in [0, 0.1) is 29.6 Å². The Morgan fingerprint density at radius 3 is 0.833 bits per heavy atom. The molecule has 1 rings (SSSR count). The Hall–Kier alpha value is -0.610. The van der Waals surface area contributed by atoms with Gasteiger partial charge in [-0.3, -0.25) is 4.79 Å². The van der Waals surface area contributed by atoms with Gasteiger partial charge in [0, 0.05) is 7.11 Å². The molecule has 0 bridgehead atoms. The van der Waals surface area contributed by atoms with Gasteiger partial charge >= 0.3 is 5.97 Å². The van der Waals surface area contributed by atoms with Gasteiger partial charge in [0.25, 0.3) is 0 Å². The molecule has 0 aromatic heterocycles. The fourth-order valence-corrected chi connectivity index (χ4v) is 15.8. The van der Waals surface area contributed by atoms with E-state index in [9.17, 15) is 15.0 Å². The van der Waals surface area contributed by atoms with Crippen LogP contribution in [0.1, 0.15) is 496 Å². The monoisotopic (exact) mass is 1270 g/mol. The van der Waals surface area contributed by atoms with Crippen LogP contribution in [-0.2, 0) is 9.53 Å². The molecule has 0 heterocycles. The molecule has 4 nitrogen and oxygen atoms in total. The molecule has 0 aromatic carbocycles. The molecular weight excluding hydrogens is 1100 g/mol. The van der Waals surface area contributed by atoms with E-state index in [4.69, 9.17) is 4.74 Å². The smallest absolute Gasteiger partial charge is 0.309 e. The number of hydrogen-bond donors (Lipinski definition) is 2. The lowest BCUT2D eigenvalue weighted by molar-refractivity contribution is -0.146. The standard InChI is InChI=1S/C86H170O4/c1-6-8-10-12-14-16-18-20-22-24-25-26-27-28-29-31-39-45-51-57-63-69-75-82(86(88)89)84(87)76-70-64-58-52-46-40-34-33-38-44-50-56-62-68-74-81-78-83(81)79(3)72-66-60-54-48-42-36-32-35-41-47-53-59-65-71-77-85(90-5)80(4)73-67-61-55-49-43-37-30-23-21-19-17-15-13-11-9-7-2/h79-85,87H,6-78H2,1-5H3,(H,88,89). The number of hydrogen-bond acceptors (Lipinski definition) is 3. The average molecular weight is 1270 g/mol. The van der Waals surface area contributed by atoms with Gasteiger partial charge in [0.1, 0.15) is 0 Å². The number of methoxy groups -OCH3 is 1. The summed E-state index contributed by atoms with van der Waals surface area (Å²) in [5.41, 5.74) is 0. The van der Waals surface area contributed by atoms with Gasteiger partial charge in [-0.1, -0.05) is 464 Å². The van der Waals surface area contributed by atoms with Crippen LogP contribution >= 0.6 is 0 Å². The molecule has 0 saturated heterocycles. The van der Waals surface area contributed by atoms with E-state index in [2.05, 4.69) is 27.7 Å². The van der Waals surface area contributed by atoms with Crippen molar-refractivity contribution in [1.29, 1.82) is 0 Å². The molecule has 7 unspecified atom stereocenters. The minimum Gasteiger partial charge on any atom is -0.481 e. The van der Waals surface area contributed by atoms with Crippen LogP contribution < -0.4 is 0 Å². The summed E-state index contributed by atoms with van der Waals surface area (Å²) in [6.45, 7) is 9.63. The van der Waals surface area contributed by atoms with Crippen LogP contribution in [0.2, 0.25) is 0 Å². The van der Waals surface area contributed by atoms with E-state index in [1.54, 1.807) is 0 Å². The van der Waals surface area contributed by atoms with Gasteiger partial charge in [-0.25, -0.2) is 0 Å². The van der Waals surface area contributed by atoms with Gasteiger partial charge in [-0.2, -0.15) is 0 Å². The zero-order chi connectivity index (χ0) is 64.9. The summed E-state index contributed by atoms with van der Waals surface area (Å²) in [5.74, 6) is 2.40. The topological polar surface area (TPSA) is 66.8 Å². The summed E-state index contributed by atoms with van der Waals surface area (Å²) in [4.78, 5) is 12.0. The number of ether oxygens (including phenoxy) is 1. The van der Waals surface area contributed by atoms with Crippen molar-refractivity contribution < 1.29 is 19.7 Å². The number of aliphatic hydroxyl groups excluding tert-OH is 1. The van der Waals surface area contributed by atoms with E-state index in [1.807, 2.05) is 7.11 Å². The number of carboxylic acid groups (broad SMARTS) is 1. The summed E-state index contributed by atoms with van der Waals surface area (Å²) in [5, 5.41) is 20.6. The summed E-state index contributed by atoms with van der Waals surface area (Å²) < 4.78 is 5.99. The number of carboxylic acids is 1. The van der Waals surface area contributed by atoms with Crippen molar-refractivity contribution in [2.24, 2.45) is 29.6 Å². The SMILES string of the molecule is CCCCCCCCCCCCCCCCCCCCCCCCC(C(=O)O)C(O)CCCCCCCCCCCCCCCCC1CC1C(C)CCCCCCCCCCCCCCCCC(OC)C(C)CCCCCCCCCCCCCCCCCC. The number of unbranched alkanes of at least 4 members (excludes halogenated alkanes) is 62. The molecule has 538 valence electrons. The zero-order valence-corrected chi connectivity index (χ0v) is 62.9. The van der Waals surface area contributed by atoms with Crippen LogP contribution in [0.3, 0.4) is 0 Å². The van der Waals surface area contributed by atoms with E-state index in [0.29, 0.717) is 24.9 Å². The maximum Gasteiger partial charge on any atom is 0.309 e. The highest BCUT2D eigenvalue weighted by Gasteiger charge is 2.39. The van der Waals surface area contributed by atoms with Crippen LogP contribution in [-0.4, -0.2) is 35.5 Å². The molecular formula is C86H170O4. The lowest BCUT2D eigenvalue weighted by Gasteiger charge is -2.22. The van der Waals surface area contributed by atoms with Crippen LogP contribution in [0.4, 0.5) is 0 Å². The van der Waals surface area contributed by atoms with Crippen LogP contribution in [0.15, 0.2) is 0 Å². The molecule has 1 fully saturated rings. The molecule has 1 aliphatic carbocycles. The predicted octanol–water partition coefficient (Wildman–Crippen LogP) is 30.1. The Kier molecular flexibility index (Phi) is 69.1. The second-order valence-corrected chi connectivity index (χ2v) is 31.3. The predicted molar refractivity (Wildman–Crippen MR) is 402 cm³/mol. The third kappa shape index (κ3) is 61.0. The first-order chi connectivity index (χ1) is 44.3. The fraction of sp³-hybridized carbons (Fsp3) is 0.988. The van der Waals surface area contributed by atoms with Crippen molar-refractivity contribution in [2.75, 3.05) is 7.11 Å². The Morgan fingerprint density at radius 2 is 0.556 bits per heavy atom. The maximum absolute atomic E-state index is 12.0. The van der Waals surface area contributed by atoms with E-state index in [0.717, 1.165) is 43.4 Å². The van der Waals surface area contributed by atoms with Crippen molar-refractivity contribution in [3.8, 4) is 0 Å². The van der Waals surface area contributed by atoms with Crippen LogP contribution in [0.25, 0.3) is 0 Å². The van der Waals surface area contributed by atoms with E-state index >= 15 is 0 Å². The van der Waals surface area contributed by atoms with E-state index < -0.39 is 18.0 Å². The first-order valence-corrected chi connectivity index (χ1v) is 42.8. The van der Waals surface area contributed by atoms with Gasteiger partial charge in [-0.05, 0) is 55.8 Å². The Labute approximate surface area is 568 Å². The number of aliphatic carboxylic acids is 1. The molecule has 4 heteroatoms. The van der Waals surface area contributed by atoms with Crippen molar-refractivity contribution >= 4 is 5.97 Å². The lowest BCUT2D eigenvalue weighted by Crippen LogP contribution is -2.28. The number of aliphatic hydroxyl groups is 1. The molecule has 0 aromatic rings. The fourth-order valence-electron chi connectivity index (χ4n) is 15.8. The van der Waals surface area contributed by atoms with Crippen molar-refractivity contribution in [3.63, 3.8) is 0 Å². The molecule has 1 aliphatic rings. The maximum atomic E-state index is 12.0. The molecule has 2 N–H and O–H groups in total. The number of carbonyl (C=O) groups is 1. The molecule has 1 saturated carbocycles. The minimum absolute atomic E-state index is 0.469. The van der Waals surface area contributed by atoms with Gasteiger partial charge in [0.2, 0.25) is 0 Å². The van der Waals surface area contributed by atoms with Gasteiger partial charge in [0.05, 0.1) is 18.1 Å². The van der Waals surface area contributed by atoms with E-state index in [1.165, 1.54) is 430 Å². The first-order valence-electron chi connectivity index (χ1n) is 42.8. The minimum atomic E-state index is -0.798. The largest absolute Gasteiger partial charge is 0.481 e. The molecule has 7 atom stereocenters. The highest BCUT2D eigenvalue weighted by Crippen LogP contribution is 2.49. The van der Waals surface area contributed by atoms with Gasteiger partial charge < -0.3 is 14.9 Å². The first kappa shape index (κ1) is 87.4. The third-order valence-electron chi connectivity index (χ3n) is 22.5. The van der Waals surface area contributed by atoms with Gasteiger partial charge in [-0.15, -0.1) is 0 Å². The van der Waals surface area contributed by atoms with E-state index in [-0.39, 0.29) is 0 Å². The second-order valence-electron chi connectivity index (χ2n) is 31.3. The third-order valence-corrected chi connectivity index (χ3v) is 22.5. The van der Waals surface area contributed by atoms with Gasteiger partial charge in [0.15, 0.2) is 0 Å². The van der Waals surface area contributed by atoms with Crippen molar-refractivity contribution in [3.05, 3.63) is 0 Å². The quantitative estimate of drug-likeness (QED) is 0.0596. The Bertz CT molecular complexity index is 1360. The normalized spacial score (nSPS) is 15.8. The summed E-state index contributed by atoms with van der Waals surface area (Å²) in [6, 6.07) is 0.